The second-order valence-electron chi connectivity index (χ2n) is 8.04. The molecule has 2 fully saturated rings. The maximum atomic E-state index is 13.4. The summed E-state index contributed by atoms with van der Waals surface area (Å²) in [7, 11) is 0. The smallest absolute Gasteiger partial charge is 0.313 e. The lowest BCUT2D eigenvalue weighted by Crippen LogP contribution is -2.38. The number of thiazole rings is 1. The molecule has 2 saturated carbocycles. The molecule has 1 N–H and O–H groups in total. The number of amides is 1. The van der Waals surface area contributed by atoms with Crippen molar-refractivity contribution < 1.29 is 18.0 Å². The molecule has 30 heavy (non-hydrogen) atoms. The summed E-state index contributed by atoms with van der Waals surface area (Å²) >= 11 is 1.40. The number of benzene rings is 2. The largest absolute Gasteiger partial charge is 0.472 e. The first kappa shape index (κ1) is 19.5. The van der Waals surface area contributed by atoms with Crippen LogP contribution in [0, 0.1) is 5.92 Å². The quantitative estimate of drug-likeness (QED) is 0.570. The molecule has 2 aliphatic rings. The Morgan fingerprint density at radius 3 is 2.73 bits per heavy atom. The van der Waals surface area contributed by atoms with Crippen LogP contribution in [0.2, 0.25) is 0 Å². The zero-order chi connectivity index (χ0) is 20.9. The molecule has 0 bridgehead atoms. The van der Waals surface area contributed by atoms with Gasteiger partial charge in [0.05, 0.1) is 21.4 Å². The molecule has 5 rings (SSSR count). The number of nitrogens with zero attached hydrogens (tertiary/aromatic N) is 2. The summed E-state index contributed by atoms with van der Waals surface area (Å²) < 4.78 is 41.1. The summed E-state index contributed by atoms with van der Waals surface area (Å²) in [6.45, 7) is 1.01. The number of halogens is 3. The van der Waals surface area contributed by atoms with Crippen molar-refractivity contribution >= 4 is 38.8 Å². The zero-order valence-electron chi connectivity index (χ0n) is 16.0. The van der Waals surface area contributed by atoms with E-state index in [0.29, 0.717) is 11.6 Å². The summed E-state index contributed by atoms with van der Waals surface area (Å²) in [6, 6.07) is 12.0. The van der Waals surface area contributed by atoms with Gasteiger partial charge in [0.25, 0.3) is 0 Å². The van der Waals surface area contributed by atoms with Crippen molar-refractivity contribution in [2.45, 2.75) is 37.4 Å². The summed E-state index contributed by atoms with van der Waals surface area (Å²) in [6.07, 6.45) is -1.47. The zero-order valence-corrected chi connectivity index (χ0v) is 16.8. The molecule has 0 aliphatic heterocycles. The van der Waals surface area contributed by atoms with Gasteiger partial charge >= 0.3 is 12.1 Å². The number of fused-ring (bicyclic) bond motifs is 1. The number of carbonyl (C=O) groups is 1. The van der Waals surface area contributed by atoms with E-state index in [1.54, 1.807) is 29.8 Å². The molecule has 4 nitrogen and oxygen atoms in total. The molecule has 1 aromatic heterocycles. The highest BCUT2D eigenvalue weighted by atomic mass is 32.1. The molecule has 3 aromatic rings. The molecule has 8 heteroatoms. The maximum absolute atomic E-state index is 13.4. The molecule has 1 amide bonds. The summed E-state index contributed by atoms with van der Waals surface area (Å²) in [4.78, 5) is 17.3. The van der Waals surface area contributed by atoms with Gasteiger partial charge in [0.2, 0.25) is 0 Å². The Kier molecular flexibility index (Phi) is 4.78. The number of aromatic nitrogens is 1. The lowest BCUT2D eigenvalue weighted by atomic mass is 10.1. The Morgan fingerprint density at radius 1 is 1.17 bits per heavy atom. The van der Waals surface area contributed by atoms with Gasteiger partial charge in [0, 0.05) is 17.6 Å². The molecular formula is C22H20F3N3OS. The van der Waals surface area contributed by atoms with Crippen molar-refractivity contribution in [2.75, 3.05) is 11.4 Å². The second-order valence-corrected chi connectivity index (χ2v) is 8.92. The third kappa shape index (κ3) is 3.94. The van der Waals surface area contributed by atoms with Gasteiger partial charge in [-0.25, -0.2) is 4.98 Å². The van der Waals surface area contributed by atoms with E-state index in [-0.39, 0.29) is 17.3 Å². The topological polar surface area (TPSA) is 45.2 Å². The molecule has 2 unspecified atom stereocenters. The van der Waals surface area contributed by atoms with Crippen molar-refractivity contribution in [2.24, 2.45) is 5.92 Å². The predicted molar refractivity (Wildman–Crippen MR) is 111 cm³/mol. The molecule has 0 spiro atoms. The number of alkyl halides is 3. The van der Waals surface area contributed by atoms with Crippen molar-refractivity contribution in [1.29, 1.82) is 0 Å². The van der Waals surface area contributed by atoms with Crippen molar-refractivity contribution in [3.8, 4) is 0 Å². The molecular weight excluding hydrogens is 411 g/mol. The van der Waals surface area contributed by atoms with Crippen LogP contribution in [-0.4, -0.2) is 29.7 Å². The third-order valence-corrected chi connectivity index (χ3v) is 6.54. The van der Waals surface area contributed by atoms with Gasteiger partial charge in [-0.1, -0.05) is 12.1 Å². The fourth-order valence-corrected chi connectivity index (χ4v) is 4.48. The Bertz CT molecular complexity index is 1090. The standard InChI is InChI=1S/C22H20F3N3OS/c23-22(24,25)21(29)28(16-6-7-20-19(9-16)27-12-30-20)15-3-1-2-14(8-15)17-10-18(17)26-11-13-4-5-13/h1-3,6-9,12-13,17-18,26H,4-5,10-11H2. The molecule has 2 atom stereocenters. The van der Waals surface area contributed by atoms with Crippen LogP contribution in [0.5, 0.6) is 0 Å². The predicted octanol–water partition coefficient (Wildman–Crippen LogP) is 5.38. The average molecular weight is 431 g/mol. The van der Waals surface area contributed by atoms with Gasteiger partial charge in [0.15, 0.2) is 0 Å². The van der Waals surface area contributed by atoms with E-state index in [1.807, 2.05) is 6.07 Å². The molecule has 0 saturated heterocycles. The summed E-state index contributed by atoms with van der Waals surface area (Å²) in [5.41, 5.74) is 3.53. The molecule has 0 radical (unpaired) electrons. The minimum absolute atomic E-state index is 0.159. The van der Waals surface area contributed by atoms with E-state index >= 15 is 0 Å². The number of nitrogens with one attached hydrogen (secondary N) is 1. The molecule has 156 valence electrons. The number of hydrogen-bond acceptors (Lipinski definition) is 4. The van der Waals surface area contributed by atoms with Gasteiger partial charge in [-0.3, -0.25) is 9.69 Å². The SMILES string of the molecule is O=C(N(c1cccc(C2CC2NCC2CC2)c1)c1ccc2scnc2c1)C(F)(F)F. The lowest BCUT2D eigenvalue weighted by molar-refractivity contribution is -0.169. The normalized spacial score (nSPS) is 21.0. The van der Waals surface area contributed by atoms with Crippen LogP contribution in [0.4, 0.5) is 24.5 Å². The minimum Gasteiger partial charge on any atom is -0.313 e. The molecule has 2 aliphatic carbocycles. The Hall–Kier alpha value is -2.45. The van der Waals surface area contributed by atoms with Crippen LogP contribution < -0.4 is 10.2 Å². The average Bonchev–Trinajstić information content (AvgIpc) is 3.63. The van der Waals surface area contributed by atoms with Crippen LogP contribution in [0.15, 0.2) is 48.0 Å². The highest BCUT2D eigenvalue weighted by Gasteiger charge is 2.44. The number of carbonyl (C=O) groups excluding carboxylic acids is 1. The van der Waals surface area contributed by atoms with Gasteiger partial charge in [0.1, 0.15) is 0 Å². The monoisotopic (exact) mass is 431 g/mol. The van der Waals surface area contributed by atoms with Gasteiger partial charge in [-0.05, 0) is 67.6 Å². The number of rotatable bonds is 6. The van der Waals surface area contributed by atoms with E-state index in [1.165, 1.54) is 36.3 Å². The van der Waals surface area contributed by atoms with Crippen molar-refractivity contribution in [1.82, 2.24) is 10.3 Å². The molecule has 2 aromatic carbocycles. The summed E-state index contributed by atoms with van der Waals surface area (Å²) in [5, 5.41) is 3.54. The molecule has 1 heterocycles. The highest BCUT2D eigenvalue weighted by Crippen LogP contribution is 2.43. The lowest BCUT2D eigenvalue weighted by Gasteiger charge is -2.24. The van der Waals surface area contributed by atoms with E-state index in [4.69, 9.17) is 0 Å². The number of anilines is 2. The van der Waals surface area contributed by atoms with E-state index in [9.17, 15) is 18.0 Å². The van der Waals surface area contributed by atoms with Crippen LogP contribution in [0.3, 0.4) is 0 Å². The van der Waals surface area contributed by atoms with Crippen LogP contribution in [0.25, 0.3) is 10.2 Å². The first-order valence-corrected chi connectivity index (χ1v) is 10.9. The third-order valence-electron chi connectivity index (χ3n) is 5.73. The minimum atomic E-state index is -4.99. The van der Waals surface area contributed by atoms with E-state index in [0.717, 1.165) is 34.0 Å². The number of hydrogen-bond donors (Lipinski definition) is 1. The first-order chi connectivity index (χ1) is 14.4. The first-order valence-electron chi connectivity index (χ1n) is 9.98. The van der Waals surface area contributed by atoms with E-state index in [2.05, 4.69) is 10.3 Å². The van der Waals surface area contributed by atoms with Gasteiger partial charge < -0.3 is 5.32 Å². The summed E-state index contributed by atoms with van der Waals surface area (Å²) in [5.74, 6) is -0.862. The fourth-order valence-electron chi connectivity index (χ4n) is 3.82. The Balaban J connectivity index is 1.46. The van der Waals surface area contributed by atoms with Crippen molar-refractivity contribution in [3.63, 3.8) is 0 Å². The van der Waals surface area contributed by atoms with Crippen LogP contribution in [-0.2, 0) is 4.79 Å². The van der Waals surface area contributed by atoms with Gasteiger partial charge in [-0.15, -0.1) is 11.3 Å². The van der Waals surface area contributed by atoms with Crippen LogP contribution in [0.1, 0.15) is 30.7 Å². The van der Waals surface area contributed by atoms with Gasteiger partial charge in [-0.2, -0.15) is 13.2 Å². The van der Waals surface area contributed by atoms with Crippen molar-refractivity contribution in [3.05, 3.63) is 53.5 Å². The van der Waals surface area contributed by atoms with Crippen LogP contribution >= 0.6 is 11.3 Å². The highest BCUT2D eigenvalue weighted by molar-refractivity contribution is 7.16. The Morgan fingerprint density at radius 2 is 1.97 bits per heavy atom. The Labute approximate surface area is 175 Å². The fraction of sp³-hybridized carbons (Fsp3) is 0.364. The van der Waals surface area contributed by atoms with E-state index < -0.39 is 12.1 Å². The second kappa shape index (κ2) is 7.35. The maximum Gasteiger partial charge on any atom is 0.472 e.